The predicted octanol–water partition coefficient (Wildman–Crippen LogP) is 0.997. The van der Waals surface area contributed by atoms with Crippen molar-refractivity contribution < 1.29 is 4.79 Å². The highest BCUT2D eigenvalue weighted by Crippen LogP contribution is 2.32. The van der Waals surface area contributed by atoms with Crippen LogP contribution in [0.5, 0.6) is 0 Å². The molecular formula is C12H20N2O. The number of fused-ring (bicyclic) bond motifs is 1. The van der Waals surface area contributed by atoms with Gasteiger partial charge in [-0.1, -0.05) is 12.8 Å². The third-order valence-electron chi connectivity index (χ3n) is 4.43. The van der Waals surface area contributed by atoms with Crippen LogP contribution in [0.25, 0.3) is 0 Å². The second-order valence-electron chi connectivity index (χ2n) is 5.29. The molecule has 0 aromatic rings. The fourth-order valence-corrected chi connectivity index (χ4v) is 3.53. The molecule has 1 saturated carbocycles. The Balaban J connectivity index is 1.68. The van der Waals surface area contributed by atoms with Gasteiger partial charge in [0.1, 0.15) is 0 Å². The van der Waals surface area contributed by atoms with Gasteiger partial charge in [0.2, 0.25) is 5.91 Å². The summed E-state index contributed by atoms with van der Waals surface area (Å²) in [6, 6.07) is 0.526. The zero-order chi connectivity index (χ0) is 10.3. The fourth-order valence-electron chi connectivity index (χ4n) is 3.53. The van der Waals surface area contributed by atoms with Crippen molar-refractivity contribution in [2.24, 2.45) is 11.8 Å². The Kier molecular flexibility index (Phi) is 2.43. The SMILES string of the molecule is O=C(C1CCCC1)N1CC[C@H]2CNC[C@H]21. The van der Waals surface area contributed by atoms with Gasteiger partial charge in [0.15, 0.2) is 0 Å². The van der Waals surface area contributed by atoms with E-state index in [1.807, 2.05) is 0 Å². The second kappa shape index (κ2) is 3.78. The molecule has 0 aromatic heterocycles. The van der Waals surface area contributed by atoms with E-state index in [0.717, 1.165) is 38.4 Å². The van der Waals surface area contributed by atoms with E-state index in [1.54, 1.807) is 0 Å². The van der Waals surface area contributed by atoms with Crippen LogP contribution < -0.4 is 5.32 Å². The summed E-state index contributed by atoms with van der Waals surface area (Å²) in [7, 11) is 0. The highest BCUT2D eigenvalue weighted by molar-refractivity contribution is 5.79. The molecule has 2 heterocycles. The molecule has 3 aliphatic rings. The van der Waals surface area contributed by atoms with E-state index in [2.05, 4.69) is 10.2 Å². The number of amides is 1. The lowest BCUT2D eigenvalue weighted by Crippen LogP contribution is -2.41. The summed E-state index contributed by atoms with van der Waals surface area (Å²) < 4.78 is 0. The zero-order valence-electron chi connectivity index (χ0n) is 9.24. The monoisotopic (exact) mass is 208 g/mol. The average molecular weight is 208 g/mol. The quantitative estimate of drug-likeness (QED) is 0.697. The molecular weight excluding hydrogens is 188 g/mol. The van der Waals surface area contributed by atoms with Crippen LogP contribution in [0.3, 0.4) is 0 Å². The van der Waals surface area contributed by atoms with Crippen LogP contribution >= 0.6 is 0 Å². The van der Waals surface area contributed by atoms with E-state index in [4.69, 9.17) is 0 Å². The van der Waals surface area contributed by atoms with Crippen molar-refractivity contribution in [3.8, 4) is 0 Å². The van der Waals surface area contributed by atoms with Crippen molar-refractivity contribution in [3.05, 3.63) is 0 Å². The van der Waals surface area contributed by atoms with Crippen LogP contribution in [0.15, 0.2) is 0 Å². The molecule has 3 fully saturated rings. The second-order valence-corrected chi connectivity index (χ2v) is 5.29. The van der Waals surface area contributed by atoms with Crippen molar-refractivity contribution >= 4 is 5.91 Å². The van der Waals surface area contributed by atoms with Crippen LogP contribution in [0, 0.1) is 11.8 Å². The topological polar surface area (TPSA) is 32.3 Å². The summed E-state index contributed by atoms with van der Waals surface area (Å²) in [4.78, 5) is 14.5. The molecule has 84 valence electrons. The van der Waals surface area contributed by atoms with Gasteiger partial charge in [-0.05, 0) is 25.2 Å². The molecule has 0 aromatic carbocycles. The number of carbonyl (C=O) groups excluding carboxylic acids is 1. The fraction of sp³-hybridized carbons (Fsp3) is 0.917. The number of rotatable bonds is 1. The third-order valence-corrected chi connectivity index (χ3v) is 4.43. The lowest BCUT2D eigenvalue weighted by atomic mass is 10.0. The standard InChI is InChI=1S/C12H20N2O/c15-12(9-3-1-2-4-9)14-6-5-10-7-13-8-11(10)14/h9-11,13H,1-8H2/t10-,11+/m0/s1. The maximum Gasteiger partial charge on any atom is 0.225 e. The Morgan fingerprint density at radius 3 is 2.73 bits per heavy atom. The number of likely N-dealkylation sites (tertiary alicyclic amines) is 1. The van der Waals surface area contributed by atoms with Gasteiger partial charge in [0, 0.05) is 31.6 Å². The van der Waals surface area contributed by atoms with E-state index in [-0.39, 0.29) is 0 Å². The van der Waals surface area contributed by atoms with Crippen molar-refractivity contribution in [3.63, 3.8) is 0 Å². The average Bonchev–Trinajstić information content (AvgIpc) is 2.94. The highest BCUT2D eigenvalue weighted by Gasteiger charge is 2.41. The smallest absolute Gasteiger partial charge is 0.225 e. The molecule has 1 aliphatic carbocycles. The minimum absolute atomic E-state index is 0.365. The first-order valence-corrected chi connectivity index (χ1v) is 6.37. The minimum Gasteiger partial charge on any atom is -0.338 e. The van der Waals surface area contributed by atoms with E-state index in [1.165, 1.54) is 19.3 Å². The molecule has 2 atom stereocenters. The normalized spacial score (nSPS) is 36.1. The van der Waals surface area contributed by atoms with Gasteiger partial charge >= 0.3 is 0 Å². The number of hydrogen-bond acceptors (Lipinski definition) is 2. The van der Waals surface area contributed by atoms with E-state index in [9.17, 15) is 4.79 Å². The lowest BCUT2D eigenvalue weighted by Gasteiger charge is -2.26. The molecule has 0 radical (unpaired) electrons. The Bertz CT molecular complexity index is 260. The van der Waals surface area contributed by atoms with Crippen LogP contribution in [-0.2, 0) is 4.79 Å². The summed E-state index contributed by atoms with van der Waals surface area (Å²) in [5.41, 5.74) is 0. The summed E-state index contributed by atoms with van der Waals surface area (Å²) in [5, 5.41) is 3.41. The number of nitrogens with one attached hydrogen (secondary N) is 1. The molecule has 3 rings (SSSR count). The molecule has 0 unspecified atom stereocenters. The van der Waals surface area contributed by atoms with Gasteiger partial charge in [-0.15, -0.1) is 0 Å². The molecule has 1 N–H and O–H groups in total. The van der Waals surface area contributed by atoms with Gasteiger partial charge in [-0.2, -0.15) is 0 Å². The van der Waals surface area contributed by atoms with E-state index in [0.29, 0.717) is 17.9 Å². The van der Waals surface area contributed by atoms with E-state index >= 15 is 0 Å². The molecule has 3 heteroatoms. The Labute approximate surface area is 91.2 Å². The van der Waals surface area contributed by atoms with Gasteiger partial charge < -0.3 is 10.2 Å². The largest absolute Gasteiger partial charge is 0.338 e. The van der Waals surface area contributed by atoms with Gasteiger partial charge in [-0.25, -0.2) is 0 Å². The Morgan fingerprint density at radius 2 is 1.93 bits per heavy atom. The molecule has 15 heavy (non-hydrogen) atoms. The summed E-state index contributed by atoms with van der Waals surface area (Å²) in [6.45, 7) is 3.18. The zero-order valence-corrected chi connectivity index (χ0v) is 9.24. The van der Waals surface area contributed by atoms with Crippen LogP contribution in [0.1, 0.15) is 32.1 Å². The number of carbonyl (C=O) groups is 1. The van der Waals surface area contributed by atoms with Gasteiger partial charge in [0.05, 0.1) is 0 Å². The van der Waals surface area contributed by atoms with Crippen molar-refractivity contribution in [2.45, 2.75) is 38.1 Å². The van der Waals surface area contributed by atoms with Crippen molar-refractivity contribution in [2.75, 3.05) is 19.6 Å². The first kappa shape index (κ1) is 9.64. The van der Waals surface area contributed by atoms with Crippen molar-refractivity contribution in [1.82, 2.24) is 10.2 Å². The third kappa shape index (κ3) is 1.57. The molecule has 3 nitrogen and oxygen atoms in total. The van der Waals surface area contributed by atoms with Gasteiger partial charge in [0.25, 0.3) is 0 Å². The highest BCUT2D eigenvalue weighted by atomic mass is 16.2. The summed E-state index contributed by atoms with van der Waals surface area (Å²) in [6.07, 6.45) is 6.02. The Hall–Kier alpha value is -0.570. The van der Waals surface area contributed by atoms with Gasteiger partial charge in [-0.3, -0.25) is 4.79 Å². The molecule has 0 bridgehead atoms. The Morgan fingerprint density at radius 1 is 1.13 bits per heavy atom. The van der Waals surface area contributed by atoms with Crippen molar-refractivity contribution in [1.29, 1.82) is 0 Å². The maximum atomic E-state index is 12.3. The molecule has 2 saturated heterocycles. The van der Waals surface area contributed by atoms with Crippen LogP contribution in [0.2, 0.25) is 0 Å². The molecule has 2 aliphatic heterocycles. The first-order valence-electron chi connectivity index (χ1n) is 6.37. The van der Waals surface area contributed by atoms with Crippen LogP contribution in [-0.4, -0.2) is 36.5 Å². The minimum atomic E-state index is 0.365. The summed E-state index contributed by atoms with van der Waals surface area (Å²) in [5.74, 6) is 1.57. The maximum absolute atomic E-state index is 12.3. The lowest BCUT2D eigenvalue weighted by molar-refractivity contribution is -0.136. The predicted molar refractivity (Wildman–Crippen MR) is 58.4 cm³/mol. The molecule has 1 amide bonds. The number of nitrogens with zero attached hydrogens (tertiary/aromatic N) is 1. The number of hydrogen-bond donors (Lipinski definition) is 1. The van der Waals surface area contributed by atoms with Crippen LogP contribution in [0.4, 0.5) is 0 Å². The molecule has 0 spiro atoms. The van der Waals surface area contributed by atoms with E-state index < -0.39 is 0 Å². The first-order chi connectivity index (χ1) is 7.36. The summed E-state index contributed by atoms with van der Waals surface area (Å²) >= 11 is 0.